The lowest BCUT2D eigenvalue weighted by atomic mass is 10.00. The first-order valence-electron chi connectivity index (χ1n) is 10.2. The number of aromatic nitrogens is 1. The quantitative estimate of drug-likeness (QED) is 0.368. The van der Waals surface area contributed by atoms with E-state index in [2.05, 4.69) is 69.5 Å². The van der Waals surface area contributed by atoms with Crippen LogP contribution in [0.4, 0.5) is 16.2 Å². The van der Waals surface area contributed by atoms with Gasteiger partial charge in [-0.05, 0) is 52.6 Å². The zero-order valence-corrected chi connectivity index (χ0v) is 17.1. The molecule has 3 N–H and O–H groups in total. The lowest BCUT2D eigenvalue weighted by molar-refractivity contribution is 0.251. The van der Waals surface area contributed by atoms with Crippen LogP contribution in [0, 0.1) is 0 Å². The molecule has 31 heavy (non-hydrogen) atoms. The maximum absolute atomic E-state index is 12.1. The minimum absolute atomic E-state index is 0.249. The van der Waals surface area contributed by atoms with E-state index in [1.165, 1.54) is 16.7 Å². The highest BCUT2D eigenvalue weighted by molar-refractivity contribution is 5.89. The van der Waals surface area contributed by atoms with Crippen LogP contribution in [0.2, 0.25) is 0 Å². The van der Waals surface area contributed by atoms with Crippen molar-refractivity contribution in [2.45, 2.75) is 13.1 Å². The van der Waals surface area contributed by atoms with Gasteiger partial charge in [0.15, 0.2) is 0 Å². The highest BCUT2D eigenvalue weighted by Crippen LogP contribution is 2.24. The molecule has 1 heterocycles. The Labute approximate surface area is 182 Å². The first-order valence-corrected chi connectivity index (χ1v) is 10.2. The van der Waals surface area contributed by atoms with E-state index in [1.807, 2.05) is 42.5 Å². The number of carbonyl (C=O) groups is 1. The van der Waals surface area contributed by atoms with E-state index in [4.69, 9.17) is 0 Å². The summed E-state index contributed by atoms with van der Waals surface area (Å²) in [6.45, 7) is 1.14. The topological polar surface area (TPSA) is 66.0 Å². The molecular weight excluding hydrogens is 384 g/mol. The average molecular weight is 409 g/mol. The van der Waals surface area contributed by atoms with Crippen LogP contribution in [-0.2, 0) is 13.1 Å². The summed E-state index contributed by atoms with van der Waals surface area (Å²) >= 11 is 0. The molecule has 0 bridgehead atoms. The highest BCUT2D eigenvalue weighted by Gasteiger charge is 2.05. The van der Waals surface area contributed by atoms with Gasteiger partial charge in [-0.2, -0.15) is 0 Å². The second-order valence-electron chi connectivity index (χ2n) is 7.12. The van der Waals surface area contributed by atoms with Crippen molar-refractivity contribution in [3.05, 3.63) is 115 Å². The molecule has 0 aliphatic heterocycles. The Hall–Kier alpha value is -4.12. The summed E-state index contributed by atoms with van der Waals surface area (Å²) < 4.78 is 0. The molecule has 4 aromatic rings. The average Bonchev–Trinajstić information content (AvgIpc) is 2.84. The third-order valence-electron chi connectivity index (χ3n) is 4.90. The van der Waals surface area contributed by atoms with Crippen molar-refractivity contribution >= 4 is 17.4 Å². The Morgan fingerprint density at radius 2 is 1.48 bits per heavy atom. The van der Waals surface area contributed by atoms with Gasteiger partial charge in [-0.15, -0.1) is 0 Å². The van der Waals surface area contributed by atoms with E-state index in [-0.39, 0.29) is 6.03 Å². The van der Waals surface area contributed by atoms with Crippen molar-refractivity contribution in [3.8, 4) is 11.1 Å². The van der Waals surface area contributed by atoms with Gasteiger partial charge in [-0.25, -0.2) is 4.79 Å². The van der Waals surface area contributed by atoms with Gasteiger partial charge in [0.1, 0.15) is 0 Å². The Kier molecular flexibility index (Phi) is 6.55. The monoisotopic (exact) mass is 408 g/mol. The molecule has 0 spiro atoms. The first-order chi connectivity index (χ1) is 15.3. The van der Waals surface area contributed by atoms with Gasteiger partial charge in [0.25, 0.3) is 0 Å². The van der Waals surface area contributed by atoms with Crippen molar-refractivity contribution in [2.75, 3.05) is 10.6 Å². The molecule has 2 amide bonds. The molecule has 3 aromatic carbocycles. The Balaban J connectivity index is 1.32. The maximum Gasteiger partial charge on any atom is 0.319 e. The number of rotatable bonds is 7. The van der Waals surface area contributed by atoms with E-state index >= 15 is 0 Å². The zero-order valence-electron chi connectivity index (χ0n) is 17.1. The summed E-state index contributed by atoms with van der Waals surface area (Å²) in [6, 6.07) is 30.0. The molecule has 0 aliphatic carbocycles. The van der Waals surface area contributed by atoms with Crippen LogP contribution in [0.3, 0.4) is 0 Å². The van der Waals surface area contributed by atoms with Crippen LogP contribution >= 0.6 is 0 Å². The number of hydrogen-bond acceptors (Lipinski definition) is 3. The summed E-state index contributed by atoms with van der Waals surface area (Å²) in [5, 5.41) is 9.13. The fourth-order valence-corrected chi connectivity index (χ4v) is 3.30. The molecule has 5 nitrogen and oxygen atoms in total. The van der Waals surface area contributed by atoms with Crippen molar-refractivity contribution in [1.29, 1.82) is 0 Å². The van der Waals surface area contributed by atoms with Crippen molar-refractivity contribution in [1.82, 2.24) is 10.3 Å². The summed E-state index contributed by atoms with van der Waals surface area (Å²) in [6.07, 6.45) is 3.44. The molecular formula is C26H24N4O. The Morgan fingerprint density at radius 1 is 0.742 bits per heavy atom. The lowest BCUT2D eigenvalue weighted by Gasteiger charge is -2.13. The predicted octanol–water partition coefficient (Wildman–Crippen LogP) is 5.68. The van der Waals surface area contributed by atoms with Gasteiger partial charge in [-0.3, -0.25) is 4.98 Å². The molecule has 0 saturated carbocycles. The minimum Gasteiger partial charge on any atom is -0.381 e. The van der Waals surface area contributed by atoms with Crippen LogP contribution in [0.15, 0.2) is 103 Å². The molecule has 0 atom stereocenters. The van der Waals surface area contributed by atoms with Crippen LogP contribution in [0.25, 0.3) is 11.1 Å². The second kappa shape index (κ2) is 10.1. The van der Waals surface area contributed by atoms with E-state index in [0.29, 0.717) is 13.1 Å². The molecule has 0 saturated heterocycles. The number of anilines is 2. The molecule has 0 fully saturated rings. The fraction of sp³-hybridized carbons (Fsp3) is 0.0769. The second-order valence-corrected chi connectivity index (χ2v) is 7.12. The van der Waals surface area contributed by atoms with Crippen LogP contribution in [0.5, 0.6) is 0 Å². The van der Waals surface area contributed by atoms with Gasteiger partial charge in [0.2, 0.25) is 0 Å². The van der Waals surface area contributed by atoms with Gasteiger partial charge in [-0.1, -0.05) is 60.7 Å². The van der Waals surface area contributed by atoms with Crippen LogP contribution in [-0.4, -0.2) is 11.0 Å². The number of pyridine rings is 1. The largest absolute Gasteiger partial charge is 0.381 e. The van der Waals surface area contributed by atoms with E-state index in [1.54, 1.807) is 12.4 Å². The number of carbonyl (C=O) groups excluding carboxylic acids is 1. The number of amides is 2. The van der Waals surface area contributed by atoms with Crippen molar-refractivity contribution in [3.63, 3.8) is 0 Å². The number of benzene rings is 3. The van der Waals surface area contributed by atoms with Crippen molar-refractivity contribution in [2.24, 2.45) is 0 Å². The summed E-state index contributed by atoms with van der Waals surface area (Å²) in [5.74, 6) is 0. The highest BCUT2D eigenvalue weighted by atomic mass is 16.2. The number of urea groups is 1. The minimum atomic E-state index is -0.249. The zero-order chi connectivity index (χ0) is 21.3. The smallest absolute Gasteiger partial charge is 0.319 e. The molecule has 0 radical (unpaired) electrons. The molecule has 154 valence electrons. The molecule has 4 rings (SSSR count). The standard InChI is InChI=1S/C26H24N4O/c31-26(29-18-20-7-6-16-27-17-20)30-24-14-12-23(13-15-24)28-19-22-10-4-5-11-25(22)21-8-2-1-3-9-21/h1-17,28H,18-19H2,(H2,29,30,31). The van der Waals surface area contributed by atoms with Gasteiger partial charge in [0, 0.05) is 36.9 Å². The van der Waals surface area contributed by atoms with Gasteiger partial charge >= 0.3 is 6.03 Å². The Morgan fingerprint density at radius 3 is 2.26 bits per heavy atom. The third-order valence-corrected chi connectivity index (χ3v) is 4.90. The van der Waals surface area contributed by atoms with E-state index in [0.717, 1.165) is 16.9 Å². The molecule has 0 aliphatic rings. The van der Waals surface area contributed by atoms with E-state index < -0.39 is 0 Å². The fourth-order valence-electron chi connectivity index (χ4n) is 3.30. The molecule has 0 unspecified atom stereocenters. The van der Waals surface area contributed by atoms with E-state index in [9.17, 15) is 4.79 Å². The molecule has 5 heteroatoms. The lowest BCUT2D eigenvalue weighted by Crippen LogP contribution is -2.28. The summed E-state index contributed by atoms with van der Waals surface area (Å²) in [5.41, 5.74) is 6.33. The van der Waals surface area contributed by atoms with Crippen LogP contribution in [0.1, 0.15) is 11.1 Å². The maximum atomic E-state index is 12.1. The SMILES string of the molecule is O=C(NCc1cccnc1)Nc1ccc(NCc2ccccc2-c2ccccc2)cc1. The summed E-state index contributed by atoms with van der Waals surface area (Å²) in [4.78, 5) is 16.1. The summed E-state index contributed by atoms with van der Waals surface area (Å²) in [7, 11) is 0. The normalized spacial score (nSPS) is 10.3. The van der Waals surface area contributed by atoms with Crippen LogP contribution < -0.4 is 16.0 Å². The van der Waals surface area contributed by atoms with Gasteiger partial charge in [0.05, 0.1) is 0 Å². The van der Waals surface area contributed by atoms with Crippen molar-refractivity contribution < 1.29 is 4.79 Å². The number of nitrogens with zero attached hydrogens (tertiary/aromatic N) is 1. The first kappa shape index (κ1) is 20.2. The Bertz CT molecular complexity index is 1110. The predicted molar refractivity (Wildman–Crippen MR) is 126 cm³/mol. The molecule has 1 aromatic heterocycles. The van der Waals surface area contributed by atoms with Gasteiger partial charge < -0.3 is 16.0 Å². The number of hydrogen-bond donors (Lipinski definition) is 3. The third kappa shape index (κ3) is 5.70. The number of nitrogens with one attached hydrogen (secondary N) is 3.